The van der Waals surface area contributed by atoms with Crippen LogP contribution >= 0.6 is 0 Å². The van der Waals surface area contributed by atoms with Crippen molar-refractivity contribution < 1.29 is 9.59 Å². The zero-order chi connectivity index (χ0) is 21.3. The summed E-state index contributed by atoms with van der Waals surface area (Å²) in [6.07, 6.45) is 9.36. The van der Waals surface area contributed by atoms with Crippen molar-refractivity contribution in [2.24, 2.45) is 0 Å². The summed E-state index contributed by atoms with van der Waals surface area (Å²) in [5.41, 5.74) is 2.53. The fourth-order valence-electron chi connectivity index (χ4n) is 6.37. The molecule has 2 aromatic rings. The first-order valence-corrected chi connectivity index (χ1v) is 11.9. The Bertz CT molecular complexity index is 943. The van der Waals surface area contributed by atoms with Gasteiger partial charge >= 0.3 is 0 Å². The van der Waals surface area contributed by atoms with Gasteiger partial charge in [0.2, 0.25) is 5.91 Å². The number of hydrogen-bond acceptors (Lipinski definition) is 2. The van der Waals surface area contributed by atoms with Crippen molar-refractivity contribution in [3.05, 3.63) is 71.3 Å². The van der Waals surface area contributed by atoms with Gasteiger partial charge in [-0.2, -0.15) is 0 Å². The highest BCUT2D eigenvalue weighted by atomic mass is 16.2. The molecule has 1 atom stereocenters. The number of amides is 2. The van der Waals surface area contributed by atoms with E-state index in [0.717, 1.165) is 56.1 Å². The van der Waals surface area contributed by atoms with Gasteiger partial charge in [0.1, 0.15) is 0 Å². The highest BCUT2D eigenvalue weighted by molar-refractivity contribution is 6.02. The second-order valence-corrected chi connectivity index (χ2v) is 9.47. The van der Waals surface area contributed by atoms with Crippen molar-refractivity contribution in [2.75, 3.05) is 6.54 Å². The van der Waals surface area contributed by atoms with E-state index in [9.17, 15) is 9.59 Å². The minimum atomic E-state index is -0.364. The molecule has 4 nitrogen and oxygen atoms in total. The molecule has 1 aliphatic heterocycles. The van der Waals surface area contributed by atoms with Crippen molar-refractivity contribution >= 4 is 11.8 Å². The molecule has 1 heterocycles. The molecule has 1 N–H and O–H groups in total. The van der Waals surface area contributed by atoms with E-state index in [1.165, 1.54) is 18.4 Å². The molecule has 0 unspecified atom stereocenters. The highest BCUT2D eigenvalue weighted by Gasteiger charge is 2.57. The molecule has 162 valence electrons. The number of fused-ring (bicyclic) bond motifs is 1. The van der Waals surface area contributed by atoms with Gasteiger partial charge in [0, 0.05) is 18.2 Å². The van der Waals surface area contributed by atoms with Crippen LogP contribution in [0.3, 0.4) is 0 Å². The van der Waals surface area contributed by atoms with Crippen molar-refractivity contribution in [3.63, 3.8) is 0 Å². The first kappa shape index (κ1) is 20.3. The van der Waals surface area contributed by atoms with Crippen molar-refractivity contribution in [2.45, 2.75) is 75.3 Å². The first-order chi connectivity index (χ1) is 15.2. The molecular formula is C27H32N2O2. The van der Waals surface area contributed by atoms with Crippen molar-refractivity contribution in [3.8, 4) is 0 Å². The molecule has 1 spiro atoms. The van der Waals surface area contributed by atoms with Gasteiger partial charge in [-0.3, -0.25) is 9.59 Å². The smallest absolute Gasteiger partial charge is 0.254 e. The molecule has 3 aliphatic rings. The van der Waals surface area contributed by atoms with Gasteiger partial charge in [-0.1, -0.05) is 74.2 Å². The lowest BCUT2D eigenvalue weighted by molar-refractivity contribution is -0.126. The van der Waals surface area contributed by atoms with Gasteiger partial charge in [0.05, 0.1) is 11.5 Å². The third-order valence-electron chi connectivity index (χ3n) is 7.72. The molecule has 0 saturated heterocycles. The monoisotopic (exact) mass is 416 g/mol. The number of carbonyl (C=O) groups excluding carboxylic acids is 2. The Morgan fingerprint density at radius 1 is 0.935 bits per heavy atom. The number of nitrogens with one attached hydrogen (secondary N) is 1. The Balaban J connectivity index is 1.47. The normalized spacial score (nSPS) is 22.6. The van der Waals surface area contributed by atoms with Crippen LogP contribution in [0.1, 0.15) is 78.8 Å². The molecular weight excluding hydrogens is 384 g/mol. The Hall–Kier alpha value is -2.62. The quantitative estimate of drug-likeness (QED) is 0.758. The summed E-state index contributed by atoms with van der Waals surface area (Å²) < 4.78 is 0. The van der Waals surface area contributed by atoms with Gasteiger partial charge < -0.3 is 10.2 Å². The third-order valence-corrected chi connectivity index (χ3v) is 7.72. The summed E-state index contributed by atoms with van der Waals surface area (Å²) in [5.74, 6) is -0.0428. The minimum absolute atomic E-state index is 0.0841. The highest BCUT2D eigenvalue weighted by Crippen LogP contribution is 2.52. The SMILES string of the molecule is O=C(NCCc1ccccc1)[C@H]1c2ccccc2C(=O)N(C2CCCC2)C12CCCC2. The van der Waals surface area contributed by atoms with Crippen LogP contribution in [0.2, 0.25) is 0 Å². The topological polar surface area (TPSA) is 49.4 Å². The summed E-state index contributed by atoms with van der Waals surface area (Å²) >= 11 is 0. The molecule has 2 aliphatic carbocycles. The van der Waals surface area contributed by atoms with Crippen molar-refractivity contribution in [1.82, 2.24) is 10.2 Å². The van der Waals surface area contributed by atoms with Crippen molar-refractivity contribution in [1.29, 1.82) is 0 Å². The number of carbonyl (C=O) groups is 2. The Kier molecular flexibility index (Phi) is 5.56. The molecule has 0 radical (unpaired) electrons. The summed E-state index contributed by atoms with van der Waals surface area (Å²) in [6, 6.07) is 18.4. The third kappa shape index (κ3) is 3.56. The van der Waals surface area contributed by atoms with E-state index >= 15 is 0 Å². The maximum Gasteiger partial charge on any atom is 0.254 e. The minimum Gasteiger partial charge on any atom is -0.355 e. The molecule has 31 heavy (non-hydrogen) atoms. The van der Waals surface area contributed by atoms with E-state index < -0.39 is 0 Å². The predicted octanol–water partition coefficient (Wildman–Crippen LogP) is 4.84. The zero-order valence-electron chi connectivity index (χ0n) is 18.2. The Labute approximate surface area is 185 Å². The lowest BCUT2D eigenvalue weighted by atomic mass is 9.70. The second-order valence-electron chi connectivity index (χ2n) is 9.47. The molecule has 5 rings (SSSR count). The number of rotatable bonds is 5. The second kappa shape index (κ2) is 8.49. The van der Waals surface area contributed by atoms with E-state index in [1.54, 1.807) is 0 Å². The van der Waals surface area contributed by atoms with Gasteiger partial charge in [0.15, 0.2) is 0 Å². The van der Waals surface area contributed by atoms with Crippen LogP contribution in [0.25, 0.3) is 0 Å². The van der Waals surface area contributed by atoms with Crippen LogP contribution in [-0.4, -0.2) is 34.8 Å². The first-order valence-electron chi connectivity index (χ1n) is 11.9. The fourth-order valence-corrected chi connectivity index (χ4v) is 6.37. The molecule has 0 bridgehead atoms. The number of benzene rings is 2. The Morgan fingerprint density at radius 2 is 1.61 bits per heavy atom. The zero-order valence-corrected chi connectivity index (χ0v) is 18.2. The predicted molar refractivity (Wildman–Crippen MR) is 122 cm³/mol. The van der Waals surface area contributed by atoms with Crippen LogP contribution in [-0.2, 0) is 11.2 Å². The van der Waals surface area contributed by atoms with E-state index in [2.05, 4.69) is 22.3 Å². The van der Waals surface area contributed by atoms with E-state index in [-0.39, 0.29) is 29.3 Å². The Morgan fingerprint density at radius 3 is 2.35 bits per heavy atom. The van der Waals surface area contributed by atoms with Crippen LogP contribution in [0, 0.1) is 0 Å². The number of hydrogen-bond donors (Lipinski definition) is 1. The molecule has 2 fully saturated rings. The van der Waals surface area contributed by atoms with Crippen LogP contribution in [0.5, 0.6) is 0 Å². The van der Waals surface area contributed by atoms with E-state index in [4.69, 9.17) is 0 Å². The maximum atomic E-state index is 13.7. The summed E-state index contributed by atoms with van der Waals surface area (Å²) in [5, 5.41) is 3.24. The summed E-state index contributed by atoms with van der Waals surface area (Å²) in [7, 11) is 0. The maximum absolute atomic E-state index is 13.7. The largest absolute Gasteiger partial charge is 0.355 e. The van der Waals surface area contributed by atoms with Gasteiger partial charge in [-0.15, -0.1) is 0 Å². The van der Waals surface area contributed by atoms with Crippen LogP contribution in [0.4, 0.5) is 0 Å². The van der Waals surface area contributed by atoms with E-state index in [1.807, 2.05) is 42.5 Å². The average Bonchev–Trinajstić information content (AvgIpc) is 3.48. The average molecular weight is 417 g/mol. The summed E-state index contributed by atoms with van der Waals surface area (Å²) in [4.78, 5) is 29.6. The summed E-state index contributed by atoms with van der Waals surface area (Å²) in [6.45, 7) is 0.620. The standard InChI is InChI=1S/C27H32N2O2/c30-25(28-19-16-20-10-2-1-3-11-20)24-22-14-6-7-15-23(22)26(31)29(21-12-4-5-13-21)27(24)17-8-9-18-27/h1-3,6-7,10-11,14-15,21,24H,4-5,8-9,12-13,16-19H2,(H,28,30)/t24-/m1/s1. The molecule has 0 aromatic heterocycles. The van der Waals surface area contributed by atoms with Crippen LogP contribution < -0.4 is 5.32 Å². The number of nitrogens with zero attached hydrogens (tertiary/aromatic N) is 1. The van der Waals surface area contributed by atoms with Gasteiger partial charge in [0.25, 0.3) is 5.91 Å². The lowest BCUT2D eigenvalue weighted by Crippen LogP contribution is -2.63. The molecule has 4 heteroatoms. The van der Waals surface area contributed by atoms with Gasteiger partial charge in [-0.05, 0) is 49.3 Å². The molecule has 2 saturated carbocycles. The molecule has 2 amide bonds. The lowest BCUT2D eigenvalue weighted by Gasteiger charge is -2.52. The van der Waals surface area contributed by atoms with E-state index in [0.29, 0.717) is 6.54 Å². The fraction of sp³-hybridized carbons (Fsp3) is 0.481. The molecule has 2 aromatic carbocycles. The van der Waals surface area contributed by atoms with Crippen LogP contribution in [0.15, 0.2) is 54.6 Å². The van der Waals surface area contributed by atoms with Gasteiger partial charge in [-0.25, -0.2) is 0 Å².